The largest absolute Gasteiger partial charge is 0.494 e. The first-order chi connectivity index (χ1) is 14.1. The topological polar surface area (TPSA) is 90.7 Å². The maximum Gasteiger partial charge on any atom is 0.331 e. The van der Waals surface area contributed by atoms with E-state index in [1.54, 1.807) is 0 Å². The normalized spacial score (nSPS) is 15.6. The Hall–Kier alpha value is -2.67. The van der Waals surface area contributed by atoms with Crippen molar-refractivity contribution >= 4 is 5.71 Å². The fraction of sp³-hybridized carbons (Fsp3) is 0.500. The fourth-order valence-electron chi connectivity index (χ4n) is 3.79. The molecule has 0 aliphatic carbocycles. The number of aromatic amines is 1. The zero-order chi connectivity index (χ0) is 20.6. The van der Waals surface area contributed by atoms with Crippen LogP contribution in [0.15, 0.2) is 44.9 Å². The van der Waals surface area contributed by atoms with Gasteiger partial charge in [0.1, 0.15) is 5.56 Å². The highest BCUT2D eigenvalue weighted by atomic mass is 16.3. The molecular formula is C22H30N4O3. The van der Waals surface area contributed by atoms with Gasteiger partial charge in [0.25, 0.3) is 5.56 Å². The smallest absolute Gasteiger partial charge is 0.331 e. The van der Waals surface area contributed by atoms with Crippen molar-refractivity contribution in [2.75, 3.05) is 26.2 Å². The molecule has 1 aliphatic heterocycles. The molecule has 2 aromatic rings. The maximum atomic E-state index is 12.4. The number of aromatic hydroxyl groups is 1. The van der Waals surface area contributed by atoms with E-state index in [1.165, 1.54) is 23.8 Å². The summed E-state index contributed by atoms with van der Waals surface area (Å²) < 4.78 is 1.19. The second-order valence-electron chi connectivity index (χ2n) is 7.47. The van der Waals surface area contributed by atoms with Crippen LogP contribution in [0.5, 0.6) is 5.88 Å². The van der Waals surface area contributed by atoms with Crippen LogP contribution in [-0.4, -0.2) is 51.4 Å². The second-order valence-corrected chi connectivity index (χ2v) is 7.47. The summed E-state index contributed by atoms with van der Waals surface area (Å²) in [6.07, 6.45) is 5.25. The molecule has 156 valence electrons. The van der Waals surface area contributed by atoms with Gasteiger partial charge in [-0.2, -0.15) is 0 Å². The first-order valence-electron chi connectivity index (χ1n) is 10.5. The standard InChI is InChI=1S/C22H30N4O3/c1-2-18(23-12-9-15-25-13-7-4-8-14-25)19-20(27)24-22(29)26(21(19)28)16-17-10-5-3-6-11-17/h3,5-6,10-11,28H,2,4,7-9,12-16H2,1H3,(H,24,27,29). The number of piperidine rings is 1. The number of aliphatic imine (C=N–C) groups is 1. The molecule has 0 spiro atoms. The van der Waals surface area contributed by atoms with Gasteiger partial charge < -0.3 is 10.0 Å². The Balaban J connectivity index is 1.78. The number of benzene rings is 1. The zero-order valence-electron chi connectivity index (χ0n) is 17.1. The molecule has 0 radical (unpaired) electrons. The fourth-order valence-corrected chi connectivity index (χ4v) is 3.79. The molecule has 2 heterocycles. The Morgan fingerprint density at radius 1 is 1.14 bits per heavy atom. The van der Waals surface area contributed by atoms with Gasteiger partial charge in [0, 0.05) is 6.54 Å². The minimum atomic E-state index is -0.624. The van der Waals surface area contributed by atoms with Gasteiger partial charge in [-0.05, 0) is 50.9 Å². The van der Waals surface area contributed by atoms with Crippen LogP contribution in [0.25, 0.3) is 0 Å². The molecule has 3 rings (SSSR count). The lowest BCUT2D eigenvalue weighted by Crippen LogP contribution is -2.34. The summed E-state index contributed by atoms with van der Waals surface area (Å²) in [5.74, 6) is -0.320. The summed E-state index contributed by atoms with van der Waals surface area (Å²) in [5, 5.41) is 10.7. The maximum absolute atomic E-state index is 12.4. The molecule has 0 bridgehead atoms. The summed E-state index contributed by atoms with van der Waals surface area (Å²) in [4.78, 5) is 34.1. The van der Waals surface area contributed by atoms with Crippen molar-refractivity contribution in [2.24, 2.45) is 4.99 Å². The Bertz CT molecular complexity index is 941. The molecule has 0 amide bonds. The number of hydrogen-bond acceptors (Lipinski definition) is 5. The summed E-state index contributed by atoms with van der Waals surface area (Å²) in [6, 6.07) is 9.35. The molecule has 1 fully saturated rings. The highest BCUT2D eigenvalue weighted by Gasteiger charge is 2.18. The van der Waals surface area contributed by atoms with Crippen molar-refractivity contribution in [3.8, 4) is 5.88 Å². The predicted molar refractivity (Wildman–Crippen MR) is 115 cm³/mol. The number of nitrogens with zero attached hydrogens (tertiary/aromatic N) is 3. The lowest BCUT2D eigenvalue weighted by molar-refractivity contribution is 0.228. The zero-order valence-corrected chi connectivity index (χ0v) is 17.1. The third kappa shape index (κ3) is 5.44. The molecule has 1 aromatic carbocycles. The van der Waals surface area contributed by atoms with Crippen molar-refractivity contribution in [2.45, 2.75) is 45.6 Å². The van der Waals surface area contributed by atoms with Gasteiger partial charge in [0.15, 0.2) is 0 Å². The van der Waals surface area contributed by atoms with Crippen LogP contribution in [0.1, 0.15) is 50.2 Å². The molecule has 2 N–H and O–H groups in total. The Morgan fingerprint density at radius 3 is 2.55 bits per heavy atom. The predicted octanol–water partition coefficient (Wildman–Crippen LogP) is 2.37. The molecule has 0 saturated carbocycles. The van der Waals surface area contributed by atoms with Crippen LogP contribution in [0.3, 0.4) is 0 Å². The van der Waals surface area contributed by atoms with E-state index < -0.39 is 11.2 Å². The second kappa shape index (κ2) is 10.2. The van der Waals surface area contributed by atoms with Gasteiger partial charge in [-0.25, -0.2) is 4.79 Å². The number of hydrogen-bond donors (Lipinski definition) is 2. The molecule has 0 atom stereocenters. The molecule has 7 heteroatoms. The van der Waals surface area contributed by atoms with Crippen LogP contribution >= 0.6 is 0 Å². The number of H-pyrrole nitrogens is 1. The van der Waals surface area contributed by atoms with E-state index >= 15 is 0 Å². The quantitative estimate of drug-likeness (QED) is 0.528. The lowest BCUT2D eigenvalue weighted by atomic mass is 10.1. The third-order valence-electron chi connectivity index (χ3n) is 5.36. The van der Waals surface area contributed by atoms with E-state index in [1.807, 2.05) is 37.3 Å². The number of likely N-dealkylation sites (tertiary alicyclic amines) is 1. The van der Waals surface area contributed by atoms with Crippen molar-refractivity contribution in [1.29, 1.82) is 0 Å². The number of aromatic nitrogens is 2. The summed E-state index contributed by atoms with van der Waals surface area (Å²) >= 11 is 0. The summed E-state index contributed by atoms with van der Waals surface area (Å²) in [7, 11) is 0. The van der Waals surface area contributed by atoms with Crippen LogP contribution < -0.4 is 11.2 Å². The van der Waals surface area contributed by atoms with E-state index in [9.17, 15) is 14.7 Å². The Morgan fingerprint density at radius 2 is 1.86 bits per heavy atom. The molecule has 1 saturated heterocycles. The van der Waals surface area contributed by atoms with Crippen molar-refractivity contribution < 1.29 is 5.11 Å². The third-order valence-corrected chi connectivity index (χ3v) is 5.36. The lowest BCUT2D eigenvalue weighted by Gasteiger charge is -2.25. The first-order valence-corrected chi connectivity index (χ1v) is 10.5. The summed E-state index contributed by atoms with van der Waals surface area (Å²) in [5.41, 5.74) is 0.277. The van der Waals surface area contributed by atoms with Crippen molar-refractivity contribution in [3.63, 3.8) is 0 Å². The van der Waals surface area contributed by atoms with Gasteiger partial charge in [-0.15, -0.1) is 0 Å². The van der Waals surface area contributed by atoms with Gasteiger partial charge in [0.05, 0.1) is 12.3 Å². The van der Waals surface area contributed by atoms with E-state index in [4.69, 9.17) is 0 Å². The van der Waals surface area contributed by atoms with E-state index in [2.05, 4.69) is 14.9 Å². The first kappa shape index (κ1) is 21.0. The monoisotopic (exact) mass is 398 g/mol. The summed E-state index contributed by atoms with van der Waals surface area (Å²) in [6.45, 7) is 5.97. The van der Waals surface area contributed by atoms with Gasteiger partial charge in [-0.3, -0.25) is 19.3 Å². The van der Waals surface area contributed by atoms with Crippen LogP contribution in [-0.2, 0) is 6.54 Å². The van der Waals surface area contributed by atoms with Crippen molar-refractivity contribution in [3.05, 3.63) is 62.3 Å². The van der Waals surface area contributed by atoms with Crippen LogP contribution in [0, 0.1) is 0 Å². The molecule has 29 heavy (non-hydrogen) atoms. The van der Waals surface area contributed by atoms with Crippen LogP contribution in [0.4, 0.5) is 0 Å². The van der Waals surface area contributed by atoms with E-state index in [0.29, 0.717) is 18.7 Å². The highest BCUT2D eigenvalue weighted by molar-refractivity contribution is 6.01. The Labute approximate surface area is 170 Å². The molecule has 0 unspecified atom stereocenters. The SMILES string of the molecule is CCC(=NCCCN1CCCCC1)c1c(O)n(Cc2ccccc2)c(=O)[nH]c1=O. The minimum absolute atomic E-state index is 0.0982. The van der Waals surface area contributed by atoms with Crippen molar-refractivity contribution in [1.82, 2.24) is 14.5 Å². The minimum Gasteiger partial charge on any atom is -0.494 e. The van der Waals surface area contributed by atoms with E-state index in [0.717, 1.165) is 31.6 Å². The highest BCUT2D eigenvalue weighted by Crippen LogP contribution is 2.15. The van der Waals surface area contributed by atoms with Gasteiger partial charge in [0.2, 0.25) is 5.88 Å². The molecule has 1 aliphatic rings. The Kier molecular flexibility index (Phi) is 7.41. The number of nitrogens with one attached hydrogen (secondary N) is 1. The van der Waals surface area contributed by atoms with Gasteiger partial charge >= 0.3 is 5.69 Å². The number of rotatable bonds is 8. The van der Waals surface area contributed by atoms with E-state index in [-0.39, 0.29) is 18.0 Å². The van der Waals surface area contributed by atoms with Crippen LogP contribution in [0.2, 0.25) is 0 Å². The average molecular weight is 399 g/mol. The molecule has 1 aromatic heterocycles. The molecule has 7 nitrogen and oxygen atoms in total. The molecular weight excluding hydrogens is 368 g/mol. The van der Waals surface area contributed by atoms with Gasteiger partial charge in [-0.1, -0.05) is 43.7 Å². The average Bonchev–Trinajstić information content (AvgIpc) is 2.74.